The third-order valence-corrected chi connectivity index (χ3v) is 6.52. The summed E-state index contributed by atoms with van der Waals surface area (Å²) in [6, 6.07) is 11.0. The maximum absolute atomic E-state index is 13.3. The van der Waals surface area contributed by atoms with E-state index in [-0.39, 0.29) is 17.4 Å². The topological polar surface area (TPSA) is 103 Å². The van der Waals surface area contributed by atoms with Gasteiger partial charge in [-0.3, -0.25) is 4.98 Å². The molecule has 9 heteroatoms. The van der Waals surface area contributed by atoms with Crippen LogP contribution in [0, 0.1) is 5.41 Å². The highest BCUT2D eigenvalue weighted by Crippen LogP contribution is 2.49. The van der Waals surface area contributed by atoms with Gasteiger partial charge in [-0.25, -0.2) is 4.79 Å². The summed E-state index contributed by atoms with van der Waals surface area (Å²) in [5, 5.41) is 11.7. The van der Waals surface area contributed by atoms with Crippen LogP contribution in [-0.2, 0) is 4.74 Å². The van der Waals surface area contributed by atoms with E-state index < -0.39 is 0 Å². The summed E-state index contributed by atoms with van der Waals surface area (Å²) in [4.78, 5) is 19.1. The molecule has 4 heterocycles. The smallest absolute Gasteiger partial charge is 0.321 e. The zero-order chi connectivity index (χ0) is 22.7. The predicted octanol–water partition coefficient (Wildman–Crippen LogP) is 3.96. The number of ether oxygens (including phenoxy) is 2. The molecule has 0 saturated carbocycles. The van der Waals surface area contributed by atoms with Crippen molar-refractivity contribution in [1.29, 1.82) is 0 Å². The molecule has 2 aliphatic heterocycles. The number of hydrogen-bond donors (Lipinski definition) is 1. The number of hydrogen-bond acceptors (Lipinski definition) is 7. The predicted molar refractivity (Wildman–Crippen MR) is 121 cm³/mol. The van der Waals surface area contributed by atoms with Gasteiger partial charge in [0.25, 0.3) is 0 Å². The van der Waals surface area contributed by atoms with E-state index >= 15 is 0 Å². The lowest BCUT2D eigenvalue weighted by molar-refractivity contribution is 0.0104. The number of benzene rings is 1. The van der Waals surface area contributed by atoms with Gasteiger partial charge in [0.15, 0.2) is 0 Å². The van der Waals surface area contributed by atoms with Crippen molar-refractivity contribution in [2.45, 2.75) is 25.7 Å². The molecule has 1 N–H and O–H groups in total. The van der Waals surface area contributed by atoms with E-state index in [4.69, 9.17) is 13.9 Å². The minimum absolute atomic E-state index is 0.0580. The molecule has 2 aromatic heterocycles. The molecule has 2 amide bonds. The summed E-state index contributed by atoms with van der Waals surface area (Å²) < 4.78 is 17.4. The Balaban J connectivity index is 1.39. The molecule has 1 unspecified atom stereocenters. The fourth-order valence-electron chi connectivity index (χ4n) is 4.78. The van der Waals surface area contributed by atoms with Gasteiger partial charge in [0.05, 0.1) is 18.2 Å². The Morgan fingerprint density at radius 3 is 2.76 bits per heavy atom. The van der Waals surface area contributed by atoms with Crippen LogP contribution in [0.4, 0.5) is 10.5 Å². The van der Waals surface area contributed by atoms with Gasteiger partial charge in [-0.05, 0) is 44.0 Å². The highest BCUT2D eigenvalue weighted by Gasteiger charge is 2.51. The summed E-state index contributed by atoms with van der Waals surface area (Å²) in [6.07, 6.45) is 5.07. The van der Waals surface area contributed by atoms with Crippen molar-refractivity contribution in [2.24, 2.45) is 5.41 Å². The zero-order valence-electron chi connectivity index (χ0n) is 18.6. The van der Waals surface area contributed by atoms with Crippen molar-refractivity contribution in [3.63, 3.8) is 0 Å². The summed E-state index contributed by atoms with van der Waals surface area (Å²) in [5.41, 5.74) is 1.33. The van der Waals surface area contributed by atoms with E-state index in [9.17, 15) is 4.79 Å². The van der Waals surface area contributed by atoms with Crippen LogP contribution in [-0.4, -0.2) is 59.0 Å². The van der Waals surface area contributed by atoms with Crippen LogP contribution in [0.15, 0.2) is 53.2 Å². The fraction of sp³-hybridized carbons (Fsp3) is 0.417. The number of likely N-dealkylation sites (tertiary alicyclic amines) is 1. The number of aromatic nitrogens is 3. The Bertz CT molecular complexity index is 1100. The number of rotatable bonds is 5. The first-order chi connectivity index (χ1) is 16.2. The molecule has 2 fully saturated rings. The third-order valence-electron chi connectivity index (χ3n) is 6.52. The van der Waals surface area contributed by atoms with Crippen LogP contribution in [0.5, 0.6) is 5.75 Å². The Hall–Kier alpha value is -3.46. The SMILES string of the molecule is CCOc1ccccc1NC(=O)N1CC(c2nnc(-c3ccncc3)o2)C2(CCOCC2)C1. The molecule has 3 aromatic rings. The second-order valence-corrected chi connectivity index (χ2v) is 8.45. The van der Waals surface area contributed by atoms with Crippen molar-refractivity contribution in [1.82, 2.24) is 20.1 Å². The minimum atomic E-state index is -0.163. The molecule has 172 valence electrons. The normalized spacial score (nSPS) is 19.5. The van der Waals surface area contributed by atoms with Crippen LogP contribution in [0.25, 0.3) is 11.5 Å². The van der Waals surface area contributed by atoms with Crippen LogP contribution in [0.2, 0.25) is 0 Å². The number of urea groups is 1. The number of carbonyl (C=O) groups is 1. The van der Waals surface area contributed by atoms with Gasteiger partial charge in [0.2, 0.25) is 11.8 Å². The Labute approximate surface area is 192 Å². The molecule has 33 heavy (non-hydrogen) atoms. The van der Waals surface area contributed by atoms with Crippen molar-refractivity contribution < 1.29 is 18.7 Å². The standard InChI is InChI=1S/C24H27N5O4/c1-2-32-20-6-4-3-5-19(20)26-23(30)29-15-18(24(16-29)9-13-31-14-10-24)22-28-27-21(33-22)17-7-11-25-12-8-17/h3-8,11-12,18H,2,9-10,13-16H2,1H3,(H,26,30). The Morgan fingerprint density at radius 2 is 1.97 bits per heavy atom. The minimum Gasteiger partial charge on any atom is -0.492 e. The largest absolute Gasteiger partial charge is 0.492 e. The molecule has 5 rings (SSSR count). The summed E-state index contributed by atoms with van der Waals surface area (Å²) in [5.74, 6) is 1.62. The lowest BCUT2D eigenvalue weighted by Crippen LogP contribution is -2.38. The van der Waals surface area contributed by atoms with Gasteiger partial charge in [-0.1, -0.05) is 12.1 Å². The molecule has 1 atom stereocenters. The van der Waals surface area contributed by atoms with E-state index in [1.807, 2.05) is 48.2 Å². The molecule has 1 spiro atoms. The summed E-state index contributed by atoms with van der Waals surface area (Å²) in [6.45, 7) is 4.87. The van der Waals surface area contributed by atoms with Crippen LogP contribution < -0.4 is 10.1 Å². The van der Waals surface area contributed by atoms with Crippen molar-refractivity contribution in [3.05, 3.63) is 54.7 Å². The fourth-order valence-corrected chi connectivity index (χ4v) is 4.78. The molecular weight excluding hydrogens is 422 g/mol. The van der Waals surface area contributed by atoms with Crippen LogP contribution in [0.3, 0.4) is 0 Å². The maximum atomic E-state index is 13.3. The average Bonchev–Trinajstić information content (AvgIpc) is 3.47. The highest BCUT2D eigenvalue weighted by atomic mass is 16.5. The summed E-state index contributed by atoms with van der Waals surface area (Å²) in [7, 11) is 0. The van der Waals surface area contributed by atoms with E-state index in [1.165, 1.54) is 0 Å². The Morgan fingerprint density at radius 1 is 1.18 bits per heavy atom. The van der Waals surface area contributed by atoms with Gasteiger partial charge in [-0.2, -0.15) is 0 Å². The van der Waals surface area contributed by atoms with E-state index in [0.29, 0.717) is 56.1 Å². The first-order valence-corrected chi connectivity index (χ1v) is 11.3. The molecule has 1 aromatic carbocycles. The van der Waals surface area contributed by atoms with Gasteiger partial charge in [0.1, 0.15) is 5.75 Å². The molecular formula is C24H27N5O4. The number of carbonyl (C=O) groups excluding carboxylic acids is 1. The molecule has 2 saturated heterocycles. The van der Waals surface area contributed by atoms with Gasteiger partial charge < -0.3 is 24.1 Å². The number of nitrogens with zero attached hydrogens (tertiary/aromatic N) is 4. The molecule has 0 bridgehead atoms. The average molecular weight is 450 g/mol. The van der Waals surface area contributed by atoms with Gasteiger partial charge >= 0.3 is 6.03 Å². The number of para-hydroxylation sites is 2. The second-order valence-electron chi connectivity index (χ2n) is 8.45. The van der Waals surface area contributed by atoms with Crippen LogP contribution in [0.1, 0.15) is 31.6 Å². The maximum Gasteiger partial charge on any atom is 0.321 e. The first-order valence-electron chi connectivity index (χ1n) is 11.3. The molecule has 9 nitrogen and oxygen atoms in total. The first kappa shape index (κ1) is 21.4. The number of anilines is 1. The van der Waals surface area contributed by atoms with E-state index in [2.05, 4.69) is 20.5 Å². The van der Waals surface area contributed by atoms with E-state index in [0.717, 1.165) is 18.4 Å². The van der Waals surface area contributed by atoms with E-state index in [1.54, 1.807) is 12.4 Å². The lowest BCUT2D eigenvalue weighted by atomic mass is 9.72. The quantitative estimate of drug-likeness (QED) is 0.629. The van der Waals surface area contributed by atoms with Crippen LogP contribution >= 0.6 is 0 Å². The van der Waals surface area contributed by atoms with Gasteiger partial charge in [0, 0.05) is 49.7 Å². The van der Waals surface area contributed by atoms with Crippen molar-refractivity contribution in [3.8, 4) is 17.2 Å². The third kappa shape index (κ3) is 4.28. The number of pyridine rings is 1. The van der Waals surface area contributed by atoms with Crippen molar-refractivity contribution >= 4 is 11.7 Å². The summed E-state index contributed by atoms with van der Waals surface area (Å²) >= 11 is 0. The van der Waals surface area contributed by atoms with Gasteiger partial charge in [-0.15, -0.1) is 10.2 Å². The lowest BCUT2D eigenvalue weighted by Gasteiger charge is -2.36. The number of amides is 2. The Kier molecular flexibility index (Phi) is 5.95. The molecule has 2 aliphatic rings. The zero-order valence-corrected chi connectivity index (χ0v) is 18.6. The van der Waals surface area contributed by atoms with Crippen molar-refractivity contribution in [2.75, 3.05) is 38.2 Å². The monoisotopic (exact) mass is 449 g/mol. The molecule has 0 aliphatic carbocycles. The molecule has 0 radical (unpaired) electrons. The highest BCUT2D eigenvalue weighted by molar-refractivity contribution is 5.91. The number of nitrogens with one attached hydrogen (secondary N) is 1. The second kappa shape index (κ2) is 9.19.